The lowest BCUT2D eigenvalue weighted by atomic mass is 10.1. The Morgan fingerprint density at radius 1 is 0.862 bits per heavy atom. The zero-order chi connectivity index (χ0) is 21.0. The molecule has 9 nitrogen and oxygen atoms in total. The molecule has 0 radical (unpaired) electrons. The Morgan fingerprint density at radius 2 is 1.41 bits per heavy atom. The summed E-state index contributed by atoms with van der Waals surface area (Å²) in [5, 5.41) is 21.9. The van der Waals surface area contributed by atoms with E-state index in [2.05, 4.69) is 21.0 Å². The number of aliphatic imine (C=N–C) groups is 3. The molecule has 0 amide bonds. The van der Waals surface area contributed by atoms with Crippen LogP contribution in [0, 0.1) is 34.1 Å². The fraction of sp³-hybridized carbons (Fsp3) is 0.150. The first-order valence-corrected chi connectivity index (χ1v) is 8.68. The SMILES string of the molecule is Cc1cc(C)cc(N=CC2=CCC(C=Nc3cc([N+](=O)[O-])cc([N+](=O)[O-])c3)=N2)c1. The minimum atomic E-state index is -0.692. The highest BCUT2D eigenvalue weighted by molar-refractivity contribution is 6.33. The Morgan fingerprint density at radius 3 is 2.00 bits per heavy atom. The second kappa shape index (κ2) is 8.34. The number of nitrogens with zero attached hydrogens (tertiary/aromatic N) is 5. The molecule has 0 unspecified atom stereocenters. The van der Waals surface area contributed by atoms with E-state index in [1.54, 1.807) is 6.21 Å². The predicted molar refractivity (Wildman–Crippen MR) is 112 cm³/mol. The number of aryl methyl sites for hydroxylation is 2. The number of nitro groups is 2. The maximum atomic E-state index is 10.9. The van der Waals surface area contributed by atoms with Crippen LogP contribution in [-0.2, 0) is 0 Å². The first kappa shape index (κ1) is 19.7. The summed E-state index contributed by atoms with van der Waals surface area (Å²) in [6.45, 7) is 4.01. The van der Waals surface area contributed by atoms with Gasteiger partial charge in [0.1, 0.15) is 0 Å². The van der Waals surface area contributed by atoms with Gasteiger partial charge in [0.25, 0.3) is 11.4 Å². The van der Waals surface area contributed by atoms with Gasteiger partial charge in [-0.15, -0.1) is 0 Å². The van der Waals surface area contributed by atoms with Crippen LogP contribution in [-0.4, -0.2) is 28.0 Å². The van der Waals surface area contributed by atoms with Crippen LogP contribution in [0.5, 0.6) is 0 Å². The summed E-state index contributed by atoms with van der Waals surface area (Å²) < 4.78 is 0. The van der Waals surface area contributed by atoms with Crippen LogP contribution in [0.3, 0.4) is 0 Å². The molecule has 0 saturated carbocycles. The molecule has 0 saturated heterocycles. The van der Waals surface area contributed by atoms with Crippen molar-refractivity contribution in [1.82, 2.24) is 0 Å². The van der Waals surface area contributed by atoms with E-state index in [0.717, 1.165) is 22.9 Å². The zero-order valence-corrected chi connectivity index (χ0v) is 15.8. The summed E-state index contributed by atoms with van der Waals surface area (Å²) in [6, 6.07) is 9.26. The quantitative estimate of drug-likeness (QED) is 0.392. The fourth-order valence-corrected chi connectivity index (χ4v) is 2.81. The van der Waals surface area contributed by atoms with Gasteiger partial charge in [-0.1, -0.05) is 12.1 Å². The molecule has 0 N–H and O–H groups in total. The molecule has 0 fully saturated rings. The summed E-state index contributed by atoms with van der Waals surface area (Å²) in [7, 11) is 0. The molecule has 0 aromatic heterocycles. The van der Waals surface area contributed by atoms with E-state index in [1.807, 2.05) is 32.1 Å². The number of nitro benzene ring substituents is 2. The molecule has 0 atom stereocenters. The van der Waals surface area contributed by atoms with Crippen molar-refractivity contribution in [2.24, 2.45) is 15.0 Å². The Hall–Kier alpha value is -4.01. The van der Waals surface area contributed by atoms with Crippen LogP contribution < -0.4 is 0 Å². The highest BCUT2D eigenvalue weighted by Crippen LogP contribution is 2.27. The number of rotatable bonds is 6. The largest absolute Gasteiger partial charge is 0.278 e. The Kier molecular flexibility index (Phi) is 5.68. The van der Waals surface area contributed by atoms with E-state index in [1.165, 1.54) is 18.3 Å². The van der Waals surface area contributed by atoms with Crippen molar-refractivity contribution in [2.75, 3.05) is 0 Å². The van der Waals surface area contributed by atoms with E-state index in [-0.39, 0.29) is 17.1 Å². The summed E-state index contributed by atoms with van der Waals surface area (Å²) >= 11 is 0. The van der Waals surface area contributed by atoms with Gasteiger partial charge in [-0.05, 0) is 37.1 Å². The molecule has 0 spiro atoms. The number of hydrogen-bond donors (Lipinski definition) is 0. The van der Waals surface area contributed by atoms with Gasteiger partial charge in [-0.25, -0.2) is 0 Å². The highest BCUT2D eigenvalue weighted by atomic mass is 16.6. The molecule has 1 aliphatic heterocycles. The van der Waals surface area contributed by atoms with E-state index in [9.17, 15) is 20.2 Å². The lowest BCUT2D eigenvalue weighted by Crippen LogP contribution is -1.95. The topological polar surface area (TPSA) is 123 Å². The lowest BCUT2D eigenvalue weighted by molar-refractivity contribution is -0.394. The van der Waals surface area contributed by atoms with Crippen molar-refractivity contribution in [3.05, 3.63) is 79.5 Å². The molecule has 29 heavy (non-hydrogen) atoms. The third kappa shape index (κ3) is 5.25. The Bertz CT molecular complexity index is 1060. The average Bonchev–Trinajstić information content (AvgIpc) is 3.11. The van der Waals surface area contributed by atoms with Gasteiger partial charge in [-0.3, -0.25) is 35.2 Å². The molecule has 146 valence electrons. The number of non-ortho nitro benzene ring substituents is 2. The molecule has 1 heterocycles. The standard InChI is InChI=1S/C20H17N5O4/c1-13-5-14(2)7-17(6-13)21-11-15-3-4-16(23-15)12-22-18-8-19(24(26)27)10-20(9-18)25(28)29/h3,5-12H,4H2,1-2H3. The van der Waals surface area contributed by atoms with Gasteiger partial charge in [0.2, 0.25) is 0 Å². The van der Waals surface area contributed by atoms with Crippen molar-refractivity contribution in [3.63, 3.8) is 0 Å². The molecule has 2 aromatic carbocycles. The van der Waals surface area contributed by atoms with E-state index in [0.29, 0.717) is 17.8 Å². The van der Waals surface area contributed by atoms with Crippen molar-refractivity contribution in [3.8, 4) is 0 Å². The van der Waals surface area contributed by atoms with E-state index < -0.39 is 9.85 Å². The smallest absolute Gasteiger partial charge is 0.258 e. The van der Waals surface area contributed by atoms with Crippen LogP contribution in [0.4, 0.5) is 22.7 Å². The maximum Gasteiger partial charge on any atom is 0.278 e. The van der Waals surface area contributed by atoms with Crippen LogP contribution in [0.25, 0.3) is 0 Å². The second-order valence-corrected chi connectivity index (χ2v) is 6.52. The first-order chi connectivity index (χ1) is 13.8. The summed E-state index contributed by atoms with van der Waals surface area (Å²) in [5.74, 6) is 0. The zero-order valence-electron chi connectivity index (χ0n) is 15.8. The van der Waals surface area contributed by atoms with Crippen LogP contribution in [0.2, 0.25) is 0 Å². The first-order valence-electron chi connectivity index (χ1n) is 8.68. The molecule has 3 rings (SSSR count). The van der Waals surface area contributed by atoms with Gasteiger partial charge in [0.15, 0.2) is 0 Å². The number of benzene rings is 2. The fourth-order valence-electron chi connectivity index (χ4n) is 2.81. The molecule has 0 aliphatic carbocycles. The van der Waals surface area contributed by atoms with Crippen LogP contribution in [0.15, 0.2) is 63.1 Å². The molecular weight excluding hydrogens is 374 g/mol. The third-order valence-corrected chi connectivity index (χ3v) is 4.02. The normalized spacial score (nSPS) is 13.7. The third-order valence-electron chi connectivity index (χ3n) is 4.02. The van der Waals surface area contributed by atoms with E-state index >= 15 is 0 Å². The summed E-state index contributed by atoms with van der Waals surface area (Å²) in [4.78, 5) is 33.4. The maximum absolute atomic E-state index is 10.9. The number of hydrogen-bond acceptors (Lipinski definition) is 7. The van der Waals surface area contributed by atoms with Crippen molar-refractivity contribution in [2.45, 2.75) is 20.3 Å². The van der Waals surface area contributed by atoms with Crippen molar-refractivity contribution < 1.29 is 9.85 Å². The van der Waals surface area contributed by atoms with Gasteiger partial charge >= 0.3 is 0 Å². The molecule has 2 aromatic rings. The Labute approximate surface area is 166 Å². The Balaban J connectivity index is 1.75. The average molecular weight is 391 g/mol. The lowest BCUT2D eigenvalue weighted by Gasteiger charge is -1.99. The van der Waals surface area contributed by atoms with Gasteiger partial charge in [0, 0.05) is 24.8 Å². The minimum absolute atomic E-state index is 0.117. The van der Waals surface area contributed by atoms with Crippen LogP contribution in [0.1, 0.15) is 17.5 Å². The molecule has 0 bridgehead atoms. The molecule has 1 aliphatic rings. The minimum Gasteiger partial charge on any atom is -0.258 e. The summed E-state index contributed by atoms with van der Waals surface area (Å²) in [5.41, 5.74) is 3.73. The number of allylic oxidation sites excluding steroid dienone is 2. The van der Waals surface area contributed by atoms with Gasteiger partial charge < -0.3 is 0 Å². The predicted octanol–water partition coefficient (Wildman–Crippen LogP) is 4.95. The van der Waals surface area contributed by atoms with Crippen molar-refractivity contribution in [1.29, 1.82) is 0 Å². The van der Waals surface area contributed by atoms with Crippen molar-refractivity contribution >= 4 is 40.9 Å². The second-order valence-electron chi connectivity index (χ2n) is 6.52. The van der Waals surface area contributed by atoms with Gasteiger partial charge in [-0.2, -0.15) is 0 Å². The van der Waals surface area contributed by atoms with Gasteiger partial charge in [0.05, 0.1) is 44.9 Å². The van der Waals surface area contributed by atoms with E-state index in [4.69, 9.17) is 0 Å². The summed E-state index contributed by atoms with van der Waals surface area (Å²) in [6.07, 6.45) is 5.50. The highest BCUT2D eigenvalue weighted by Gasteiger charge is 2.16. The molecule has 9 heteroatoms. The van der Waals surface area contributed by atoms with Crippen LogP contribution >= 0.6 is 0 Å². The monoisotopic (exact) mass is 391 g/mol. The molecular formula is C20H17N5O4.